The molecule has 0 aromatic heterocycles. The molecule has 1 aromatic rings. The summed E-state index contributed by atoms with van der Waals surface area (Å²) < 4.78 is 0. The largest absolute Gasteiger partial charge is 0.335 e. The molecule has 0 unspecified atom stereocenters. The van der Waals surface area contributed by atoms with Crippen LogP contribution in [0, 0.1) is 0 Å². The normalized spacial score (nSPS) is 20.0. The predicted molar refractivity (Wildman–Crippen MR) is 73.5 cm³/mol. The van der Waals surface area contributed by atoms with Crippen LogP contribution in [-0.2, 0) is 0 Å². The Hall–Kier alpha value is -0.960. The Morgan fingerprint density at radius 3 is 2.50 bits per heavy atom. The molecule has 86 valence electrons. The number of nitrogens with one attached hydrogen (secondary N) is 1. The zero-order chi connectivity index (χ0) is 11.5. The average Bonchev–Trinajstić information content (AvgIpc) is 2.65. The van der Waals surface area contributed by atoms with Crippen LogP contribution in [0.3, 0.4) is 0 Å². The van der Waals surface area contributed by atoms with E-state index in [-0.39, 0.29) is 0 Å². The number of thioether (sulfide) groups is 1. The van der Waals surface area contributed by atoms with Gasteiger partial charge in [0.25, 0.3) is 0 Å². The van der Waals surface area contributed by atoms with Crippen LogP contribution in [0.15, 0.2) is 29.3 Å². The summed E-state index contributed by atoms with van der Waals surface area (Å²) in [6.45, 7) is 7.55. The van der Waals surface area contributed by atoms with Gasteiger partial charge in [0, 0.05) is 10.9 Å². The second-order valence-electron chi connectivity index (χ2n) is 4.48. The molecule has 0 saturated carbocycles. The van der Waals surface area contributed by atoms with Crippen molar-refractivity contribution in [3.63, 3.8) is 0 Å². The van der Waals surface area contributed by atoms with E-state index in [2.05, 4.69) is 55.3 Å². The van der Waals surface area contributed by atoms with E-state index in [4.69, 9.17) is 0 Å². The van der Waals surface area contributed by atoms with E-state index in [1.165, 1.54) is 5.56 Å². The van der Waals surface area contributed by atoms with Crippen molar-refractivity contribution in [2.45, 2.75) is 31.9 Å². The molecule has 16 heavy (non-hydrogen) atoms. The molecular weight excluding hydrogens is 216 g/mol. The molecule has 1 aliphatic heterocycles. The number of rotatable bonds is 2. The van der Waals surface area contributed by atoms with Crippen LogP contribution in [0.2, 0.25) is 0 Å². The van der Waals surface area contributed by atoms with E-state index in [1.54, 1.807) is 0 Å². The van der Waals surface area contributed by atoms with E-state index >= 15 is 0 Å². The predicted octanol–water partition coefficient (Wildman–Crippen LogP) is 3.71. The van der Waals surface area contributed by atoms with Gasteiger partial charge in [0.1, 0.15) is 0 Å². The van der Waals surface area contributed by atoms with Gasteiger partial charge < -0.3 is 5.32 Å². The number of benzene rings is 1. The number of anilines is 1. The molecule has 0 spiro atoms. The van der Waals surface area contributed by atoms with Gasteiger partial charge in [-0.3, -0.25) is 4.99 Å². The van der Waals surface area contributed by atoms with Crippen molar-refractivity contribution in [1.82, 2.24) is 0 Å². The van der Waals surface area contributed by atoms with Crippen molar-refractivity contribution < 1.29 is 0 Å². The standard InChI is InChI=1S/C13H18N2S/c1-9(2)11-4-6-12(7-5-11)15-13-14-8-10(3)16-13/h4-7,9-10H,8H2,1-3H3,(H,14,15)/t10-/m0/s1. The number of hydrogen-bond donors (Lipinski definition) is 1. The molecule has 0 radical (unpaired) electrons. The number of hydrogen-bond acceptors (Lipinski definition) is 3. The number of amidine groups is 1. The lowest BCUT2D eigenvalue weighted by Gasteiger charge is -2.08. The highest BCUT2D eigenvalue weighted by atomic mass is 32.2. The third kappa shape index (κ3) is 2.79. The lowest BCUT2D eigenvalue weighted by Crippen LogP contribution is -2.05. The van der Waals surface area contributed by atoms with Crippen molar-refractivity contribution in [2.75, 3.05) is 11.9 Å². The van der Waals surface area contributed by atoms with E-state index < -0.39 is 0 Å². The smallest absolute Gasteiger partial charge is 0.161 e. The molecule has 2 nitrogen and oxygen atoms in total. The third-order valence-electron chi connectivity index (χ3n) is 2.63. The van der Waals surface area contributed by atoms with Gasteiger partial charge in [0.15, 0.2) is 5.17 Å². The van der Waals surface area contributed by atoms with Crippen molar-refractivity contribution in [1.29, 1.82) is 0 Å². The molecule has 3 heteroatoms. The third-order valence-corrected chi connectivity index (χ3v) is 3.64. The van der Waals surface area contributed by atoms with Gasteiger partial charge in [-0.05, 0) is 23.6 Å². The molecule has 2 rings (SSSR count). The lowest BCUT2D eigenvalue weighted by atomic mass is 10.0. The van der Waals surface area contributed by atoms with Gasteiger partial charge in [-0.2, -0.15) is 0 Å². The van der Waals surface area contributed by atoms with Crippen LogP contribution in [0.4, 0.5) is 5.69 Å². The summed E-state index contributed by atoms with van der Waals surface area (Å²) in [5.74, 6) is 0.590. The Morgan fingerprint density at radius 1 is 1.31 bits per heavy atom. The SMILES string of the molecule is CC(C)c1ccc(NC2=NC[C@H](C)S2)cc1. The zero-order valence-corrected chi connectivity index (χ0v) is 10.8. The summed E-state index contributed by atoms with van der Waals surface area (Å²) in [6, 6.07) is 8.61. The van der Waals surface area contributed by atoms with Gasteiger partial charge in [-0.25, -0.2) is 0 Å². The minimum atomic E-state index is 0.590. The second kappa shape index (κ2) is 4.91. The molecule has 0 fully saturated rings. The quantitative estimate of drug-likeness (QED) is 0.843. The fourth-order valence-electron chi connectivity index (χ4n) is 1.62. The summed E-state index contributed by atoms with van der Waals surface area (Å²) >= 11 is 1.81. The Labute approximate surface area is 102 Å². The first-order valence-corrected chi connectivity index (χ1v) is 6.61. The molecule has 1 heterocycles. The van der Waals surface area contributed by atoms with E-state index in [0.29, 0.717) is 11.2 Å². The Bertz CT molecular complexity index is 381. The molecule has 0 aliphatic carbocycles. The van der Waals surface area contributed by atoms with E-state index in [0.717, 1.165) is 17.4 Å². The Balaban J connectivity index is 2.00. The molecule has 1 atom stereocenters. The molecule has 1 N–H and O–H groups in total. The maximum absolute atomic E-state index is 4.44. The summed E-state index contributed by atoms with van der Waals surface area (Å²) in [5, 5.41) is 5.01. The molecule has 0 saturated heterocycles. The second-order valence-corrected chi connectivity index (χ2v) is 5.90. The van der Waals surface area contributed by atoms with Crippen molar-refractivity contribution in [3.8, 4) is 0 Å². The van der Waals surface area contributed by atoms with Crippen LogP contribution in [0.5, 0.6) is 0 Å². The summed E-state index contributed by atoms with van der Waals surface area (Å²) in [5.41, 5.74) is 2.50. The first-order chi connectivity index (χ1) is 7.65. The molecule has 1 aromatic carbocycles. The lowest BCUT2D eigenvalue weighted by molar-refractivity contribution is 0.867. The van der Waals surface area contributed by atoms with Crippen molar-refractivity contribution in [2.24, 2.45) is 4.99 Å². The highest BCUT2D eigenvalue weighted by Crippen LogP contribution is 2.23. The van der Waals surface area contributed by atoms with Gasteiger partial charge >= 0.3 is 0 Å². The minimum Gasteiger partial charge on any atom is -0.335 e. The van der Waals surface area contributed by atoms with Crippen LogP contribution in [0.25, 0.3) is 0 Å². The zero-order valence-electron chi connectivity index (χ0n) is 10.0. The average molecular weight is 234 g/mol. The molecular formula is C13H18N2S. The summed E-state index contributed by atoms with van der Waals surface area (Å²) in [4.78, 5) is 4.44. The van der Waals surface area contributed by atoms with Crippen molar-refractivity contribution in [3.05, 3.63) is 29.8 Å². The van der Waals surface area contributed by atoms with E-state index in [9.17, 15) is 0 Å². The summed E-state index contributed by atoms with van der Waals surface area (Å²) in [7, 11) is 0. The van der Waals surface area contributed by atoms with Gasteiger partial charge in [-0.1, -0.05) is 44.7 Å². The fraction of sp³-hybridized carbons (Fsp3) is 0.462. The number of aliphatic imine (C=N–C) groups is 1. The monoisotopic (exact) mass is 234 g/mol. The van der Waals surface area contributed by atoms with Gasteiger partial charge in [-0.15, -0.1) is 0 Å². The van der Waals surface area contributed by atoms with Crippen LogP contribution < -0.4 is 5.32 Å². The van der Waals surface area contributed by atoms with Gasteiger partial charge in [0.2, 0.25) is 0 Å². The maximum Gasteiger partial charge on any atom is 0.161 e. The molecule has 0 bridgehead atoms. The highest BCUT2D eigenvalue weighted by Gasteiger charge is 2.14. The summed E-state index contributed by atoms with van der Waals surface area (Å²) in [6.07, 6.45) is 0. The fourth-order valence-corrected chi connectivity index (χ4v) is 2.48. The highest BCUT2D eigenvalue weighted by molar-refractivity contribution is 8.15. The first kappa shape index (κ1) is 11.5. The van der Waals surface area contributed by atoms with Crippen LogP contribution >= 0.6 is 11.8 Å². The Kier molecular flexibility index (Phi) is 3.54. The topological polar surface area (TPSA) is 24.4 Å². The number of nitrogens with zero attached hydrogens (tertiary/aromatic N) is 1. The van der Waals surface area contributed by atoms with Crippen LogP contribution in [-0.4, -0.2) is 17.0 Å². The first-order valence-electron chi connectivity index (χ1n) is 5.73. The molecule has 0 amide bonds. The molecule has 1 aliphatic rings. The maximum atomic E-state index is 4.44. The minimum absolute atomic E-state index is 0.590. The van der Waals surface area contributed by atoms with E-state index in [1.807, 2.05) is 11.8 Å². The van der Waals surface area contributed by atoms with Crippen LogP contribution in [0.1, 0.15) is 32.3 Å². The Morgan fingerprint density at radius 2 is 2.00 bits per heavy atom. The van der Waals surface area contributed by atoms with Crippen molar-refractivity contribution >= 4 is 22.6 Å². The van der Waals surface area contributed by atoms with Gasteiger partial charge in [0.05, 0.1) is 6.54 Å².